The lowest BCUT2D eigenvalue weighted by Crippen LogP contribution is -1.92. The maximum Gasteiger partial charge on any atom is 0.231 e. The van der Waals surface area contributed by atoms with Crippen LogP contribution in [0.1, 0.15) is 0 Å². The van der Waals surface area contributed by atoms with Gasteiger partial charge in [0, 0.05) is 11.5 Å². The monoisotopic (exact) mass is 268 g/mol. The van der Waals surface area contributed by atoms with Gasteiger partial charge in [0.15, 0.2) is 11.5 Å². The van der Waals surface area contributed by atoms with Crippen molar-refractivity contribution in [3.8, 4) is 28.6 Å². The van der Waals surface area contributed by atoms with Crippen molar-refractivity contribution in [3.05, 3.63) is 42.5 Å². The molecule has 4 heteroatoms. The van der Waals surface area contributed by atoms with Crippen molar-refractivity contribution in [2.75, 3.05) is 13.9 Å². The summed E-state index contributed by atoms with van der Waals surface area (Å²) >= 11 is 0. The van der Waals surface area contributed by atoms with E-state index in [1.807, 2.05) is 42.5 Å². The first kappa shape index (κ1) is 11.2. The Morgan fingerprint density at radius 1 is 1.00 bits per heavy atom. The molecule has 0 atom stereocenters. The third kappa shape index (κ3) is 1.61. The molecule has 0 amide bonds. The summed E-state index contributed by atoms with van der Waals surface area (Å²) in [5, 5.41) is 1.06. The zero-order valence-corrected chi connectivity index (χ0v) is 10.9. The first-order chi connectivity index (χ1) is 9.85. The predicted molar refractivity (Wildman–Crippen MR) is 74.3 cm³/mol. The summed E-state index contributed by atoms with van der Waals surface area (Å²) in [6.07, 6.45) is 0. The van der Waals surface area contributed by atoms with Gasteiger partial charge in [-0.15, -0.1) is 0 Å². The summed E-state index contributed by atoms with van der Waals surface area (Å²) in [7, 11) is 1.63. The summed E-state index contributed by atoms with van der Waals surface area (Å²) in [6.45, 7) is 0.238. The summed E-state index contributed by atoms with van der Waals surface area (Å²) in [5.74, 6) is 2.86. The number of methoxy groups -OCH3 is 1. The number of fused-ring (bicyclic) bond motifs is 2. The molecule has 0 saturated heterocycles. The first-order valence-electron chi connectivity index (χ1n) is 6.32. The molecule has 2 heterocycles. The molecule has 0 radical (unpaired) electrons. The van der Waals surface area contributed by atoms with Gasteiger partial charge in [0.25, 0.3) is 0 Å². The van der Waals surface area contributed by atoms with E-state index in [4.69, 9.17) is 18.6 Å². The Bertz CT molecular complexity index is 755. The summed E-state index contributed by atoms with van der Waals surface area (Å²) in [6, 6.07) is 13.6. The number of ether oxygens (including phenoxy) is 3. The second-order valence-corrected chi connectivity index (χ2v) is 4.55. The molecule has 1 aliphatic heterocycles. The van der Waals surface area contributed by atoms with Gasteiger partial charge in [0.2, 0.25) is 6.79 Å². The third-order valence-corrected chi connectivity index (χ3v) is 3.39. The molecule has 2 aromatic carbocycles. The van der Waals surface area contributed by atoms with E-state index in [1.165, 1.54) is 0 Å². The standard InChI is InChI=1S/C16H12O4/c1-17-13-8-16-15(18-9-19-16)7-11(13)14-6-10-4-2-3-5-12(10)20-14/h2-8H,9H2,1H3. The Kier molecular flexibility index (Phi) is 2.36. The highest BCUT2D eigenvalue weighted by atomic mass is 16.7. The average Bonchev–Trinajstić information content (AvgIpc) is 3.11. The smallest absolute Gasteiger partial charge is 0.231 e. The van der Waals surface area contributed by atoms with Gasteiger partial charge in [-0.3, -0.25) is 0 Å². The average molecular weight is 268 g/mol. The van der Waals surface area contributed by atoms with E-state index in [0.29, 0.717) is 17.2 Å². The van der Waals surface area contributed by atoms with Crippen molar-refractivity contribution in [3.63, 3.8) is 0 Å². The summed E-state index contributed by atoms with van der Waals surface area (Å²) < 4.78 is 22.1. The van der Waals surface area contributed by atoms with E-state index in [-0.39, 0.29) is 6.79 Å². The molecular weight excluding hydrogens is 256 g/mol. The molecule has 3 aromatic rings. The molecule has 1 aliphatic rings. The number of rotatable bonds is 2. The van der Waals surface area contributed by atoms with Crippen molar-refractivity contribution in [2.45, 2.75) is 0 Å². The molecule has 100 valence electrons. The Balaban J connectivity index is 1.92. The van der Waals surface area contributed by atoms with Gasteiger partial charge in [-0.25, -0.2) is 0 Å². The predicted octanol–water partition coefficient (Wildman–Crippen LogP) is 3.84. The van der Waals surface area contributed by atoms with Gasteiger partial charge < -0.3 is 18.6 Å². The molecule has 4 rings (SSSR count). The van der Waals surface area contributed by atoms with Gasteiger partial charge in [-0.1, -0.05) is 18.2 Å². The fourth-order valence-electron chi connectivity index (χ4n) is 2.40. The Morgan fingerprint density at radius 3 is 2.60 bits per heavy atom. The molecule has 0 saturated carbocycles. The zero-order valence-electron chi connectivity index (χ0n) is 10.9. The van der Waals surface area contributed by atoms with Crippen molar-refractivity contribution in [2.24, 2.45) is 0 Å². The lowest BCUT2D eigenvalue weighted by Gasteiger charge is -2.07. The molecule has 20 heavy (non-hydrogen) atoms. The van der Waals surface area contributed by atoms with Crippen LogP contribution in [0.3, 0.4) is 0 Å². The Hall–Kier alpha value is -2.62. The van der Waals surface area contributed by atoms with Gasteiger partial charge >= 0.3 is 0 Å². The van der Waals surface area contributed by atoms with Crippen LogP contribution in [-0.2, 0) is 0 Å². The van der Waals surface area contributed by atoms with Gasteiger partial charge in [-0.2, -0.15) is 0 Å². The van der Waals surface area contributed by atoms with Crippen molar-refractivity contribution in [1.82, 2.24) is 0 Å². The lowest BCUT2D eigenvalue weighted by atomic mass is 10.1. The van der Waals surface area contributed by atoms with Crippen LogP contribution in [0.5, 0.6) is 17.2 Å². The largest absolute Gasteiger partial charge is 0.496 e. The number of furan rings is 1. The van der Waals surface area contributed by atoms with E-state index < -0.39 is 0 Å². The second kappa shape index (κ2) is 4.20. The van der Waals surface area contributed by atoms with E-state index in [9.17, 15) is 0 Å². The van der Waals surface area contributed by atoms with Gasteiger partial charge in [0.1, 0.15) is 17.1 Å². The minimum atomic E-state index is 0.238. The fraction of sp³-hybridized carbons (Fsp3) is 0.125. The van der Waals surface area contributed by atoms with Gasteiger partial charge in [-0.05, 0) is 18.2 Å². The number of para-hydroxylation sites is 1. The molecule has 0 spiro atoms. The third-order valence-electron chi connectivity index (χ3n) is 3.39. The second-order valence-electron chi connectivity index (χ2n) is 4.55. The molecule has 0 N–H and O–H groups in total. The summed E-state index contributed by atoms with van der Waals surface area (Å²) in [4.78, 5) is 0. The molecule has 4 nitrogen and oxygen atoms in total. The number of benzene rings is 2. The maximum absolute atomic E-state index is 5.88. The van der Waals surface area contributed by atoms with Crippen LogP contribution in [0.2, 0.25) is 0 Å². The Labute approximate surface area is 115 Å². The lowest BCUT2D eigenvalue weighted by molar-refractivity contribution is 0.174. The zero-order chi connectivity index (χ0) is 13.5. The van der Waals surface area contributed by atoms with Crippen LogP contribution in [0.4, 0.5) is 0 Å². The van der Waals surface area contributed by atoms with E-state index in [2.05, 4.69) is 0 Å². The molecule has 0 unspecified atom stereocenters. The van der Waals surface area contributed by atoms with Crippen LogP contribution < -0.4 is 14.2 Å². The van der Waals surface area contributed by atoms with Gasteiger partial charge in [0.05, 0.1) is 12.7 Å². The van der Waals surface area contributed by atoms with Crippen molar-refractivity contribution < 1.29 is 18.6 Å². The van der Waals surface area contributed by atoms with Crippen LogP contribution >= 0.6 is 0 Å². The van der Waals surface area contributed by atoms with Crippen molar-refractivity contribution in [1.29, 1.82) is 0 Å². The van der Waals surface area contributed by atoms with Crippen LogP contribution in [-0.4, -0.2) is 13.9 Å². The highest BCUT2D eigenvalue weighted by Gasteiger charge is 2.20. The minimum absolute atomic E-state index is 0.238. The van der Waals surface area contributed by atoms with Crippen LogP contribution in [0, 0.1) is 0 Å². The first-order valence-corrected chi connectivity index (χ1v) is 6.32. The SMILES string of the molecule is COc1cc2c(cc1-c1cc3ccccc3o1)OCO2. The normalized spacial score (nSPS) is 12.8. The van der Waals surface area contributed by atoms with Crippen LogP contribution in [0.25, 0.3) is 22.3 Å². The summed E-state index contributed by atoms with van der Waals surface area (Å²) in [5.41, 5.74) is 1.70. The highest BCUT2D eigenvalue weighted by molar-refractivity contribution is 5.84. The topological polar surface area (TPSA) is 40.8 Å². The molecule has 1 aromatic heterocycles. The van der Waals surface area contributed by atoms with E-state index in [1.54, 1.807) is 7.11 Å². The number of hydrogen-bond acceptors (Lipinski definition) is 4. The number of hydrogen-bond donors (Lipinski definition) is 0. The Morgan fingerprint density at radius 2 is 1.80 bits per heavy atom. The molecular formula is C16H12O4. The van der Waals surface area contributed by atoms with E-state index >= 15 is 0 Å². The van der Waals surface area contributed by atoms with E-state index in [0.717, 1.165) is 22.3 Å². The quantitative estimate of drug-likeness (QED) is 0.708. The maximum atomic E-state index is 5.88. The molecule has 0 aliphatic carbocycles. The molecule has 0 bridgehead atoms. The van der Waals surface area contributed by atoms with Crippen molar-refractivity contribution >= 4 is 11.0 Å². The highest BCUT2D eigenvalue weighted by Crippen LogP contribution is 2.43. The fourth-order valence-corrected chi connectivity index (χ4v) is 2.40. The molecule has 0 fully saturated rings. The van der Waals surface area contributed by atoms with Crippen LogP contribution in [0.15, 0.2) is 46.9 Å². The minimum Gasteiger partial charge on any atom is -0.496 e.